The van der Waals surface area contributed by atoms with Gasteiger partial charge in [-0.25, -0.2) is 0 Å². The molecule has 0 spiro atoms. The van der Waals surface area contributed by atoms with Crippen LogP contribution in [0.15, 0.2) is 273 Å². The van der Waals surface area contributed by atoms with Crippen LogP contribution in [0.5, 0.6) is 0 Å². The van der Waals surface area contributed by atoms with E-state index in [1.54, 1.807) is 0 Å². The first-order valence-corrected chi connectivity index (χ1v) is 28.5. The normalized spacial score (nSPS) is 12.5. The molecule has 0 N–H and O–H groups in total. The fraction of sp³-hybridized carbons (Fsp3) is 0.0390. The Kier molecular flexibility index (Phi) is 10.9. The summed E-state index contributed by atoms with van der Waals surface area (Å²) in [6.45, 7) is 4.61. The standard InChI is InChI=1S/C77H51N7/c1-77(2)67-34-20-18-32-59(67)63-46-66-65-45-58(81(54-26-12-5-13-27-54)55-28-14-6-15-29-55)36-40-70(65)83(74(66)47-68(63)77)72-42-51(49-79)73(43-50(72)48-78)84-71-41-37-57(80(52-22-8-3-9-23-52)53-24-10-4-11-25-53)44-64(71)62-39-38-61-60-33-19-21-35-69(60)82(75(61)76(62)84)56-30-16-7-17-31-56/h3-47H,1-2H3. The number of nitriles is 2. The third-order valence-corrected chi connectivity index (χ3v) is 17.4. The average molecular weight is 1070 g/mol. The lowest BCUT2D eigenvalue weighted by Crippen LogP contribution is -2.15. The molecule has 0 fully saturated rings. The van der Waals surface area contributed by atoms with Crippen LogP contribution in [0.1, 0.15) is 36.1 Å². The van der Waals surface area contributed by atoms with Crippen molar-refractivity contribution >= 4 is 99.5 Å². The summed E-state index contributed by atoms with van der Waals surface area (Å²) in [4.78, 5) is 4.58. The zero-order valence-corrected chi connectivity index (χ0v) is 46.1. The van der Waals surface area contributed by atoms with Crippen molar-refractivity contribution in [3.05, 3.63) is 295 Å². The van der Waals surface area contributed by atoms with Gasteiger partial charge in [-0.15, -0.1) is 0 Å². The summed E-state index contributed by atoms with van der Waals surface area (Å²) in [6, 6.07) is 102. The monoisotopic (exact) mass is 1070 g/mol. The second-order valence-corrected chi connectivity index (χ2v) is 22.3. The molecule has 394 valence electrons. The van der Waals surface area contributed by atoms with Crippen molar-refractivity contribution in [1.29, 1.82) is 10.5 Å². The van der Waals surface area contributed by atoms with E-state index in [2.05, 4.69) is 280 Å². The van der Waals surface area contributed by atoms with Gasteiger partial charge < -0.3 is 23.5 Å². The van der Waals surface area contributed by atoms with Crippen LogP contribution < -0.4 is 9.80 Å². The first kappa shape index (κ1) is 48.5. The fourth-order valence-corrected chi connectivity index (χ4v) is 13.7. The molecule has 0 saturated carbocycles. The van der Waals surface area contributed by atoms with Crippen LogP contribution in [0, 0.1) is 22.7 Å². The lowest BCUT2D eigenvalue weighted by atomic mass is 9.82. The SMILES string of the molecule is CC1(C)c2ccccc2-c2cc3c4cc(N(c5ccccc5)c5ccccc5)ccc4n(-c4cc(C#N)c(-n5c6ccc(N(c7ccccc7)c7ccccc7)cc6c6ccc7c8ccccc8n(-c8ccccc8)c7c65)cc4C#N)c3cc21. The van der Waals surface area contributed by atoms with E-state index in [4.69, 9.17) is 0 Å². The summed E-state index contributed by atoms with van der Waals surface area (Å²) >= 11 is 0. The van der Waals surface area contributed by atoms with E-state index in [1.807, 2.05) is 42.5 Å². The van der Waals surface area contributed by atoms with Gasteiger partial charge in [0.2, 0.25) is 0 Å². The molecule has 0 saturated heterocycles. The van der Waals surface area contributed by atoms with Crippen LogP contribution >= 0.6 is 0 Å². The van der Waals surface area contributed by atoms with E-state index in [9.17, 15) is 10.5 Å². The predicted octanol–water partition coefficient (Wildman–Crippen LogP) is 20.0. The largest absolute Gasteiger partial charge is 0.310 e. The van der Waals surface area contributed by atoms with E-state index >= 15 is 0 Å². The van der Waals surface area contributed by atoms with Crippen LogP contribution in [0.2, 0.25) is 0 Å². The summed E-state index contributed by atoms with van der Waals surface area (Å²) in [5.41, 5.74) is 19.7. The lowest BCUT2D eigenvalue weighted by molar-refractivity contribution is 0.661. The van der Waals surface area contributed by atoms with E-state index in [-0.39, 0.29) is 5.41 Å². The Hall–Kier alpha value is -11.4. The summed E-state index contributed by atoms with van der Waals surface area (Å²) in [5.74, 6) is 0. The number of rotatable bonds is 9. The van der Waals surface area contributed by atoms with Gasteiger partial charge in [0.05, 0.1) is 55.6 Å². The predicted molar refractivity (Wildman–Crippen MR) is 346 cm³/mol. The second kappa shape index (κ2) is 18.9. The van der Waals surface area contributed by atoms with Gasteiger partial charge in [0.1, 0.15) is 12.1 Å². The van der Waals surface area contributed by atoms with Crippen molar-refractivity contribution in [2.24, 2.45) is 0 Å². The topological polar surface area (TPSA) is 68.8 Å². The molecule has 84 heavy (non-hydrogen) atoms. The minimum Gasteiger partial charge on any atom is -0.310 e. The zero-order chi connectivity index (χ0) is 56.2. The highest BCUT2D eigenvalue weighted by molar-refractivity contribution is 6.24. The van der Waals surface area contributed by atoms with E-state index in [0.717, 1.165) is 105 Å². The van der Waals surface area contributed by atoms with Gasteiger partial charge in [0.15, 0.2) is 0 Å². The number of anilines is 6. The molecule has 0 atom stereocenters. The molecule has 1 aliphatic rings. The molecule has 16 rings (SSSR count). The molecular weight excluding hydrogens is 1020 g/mol. The van der Waals surface area contributed by atoms with Crippen molar-refractivity contribution in [1.82, 2.24) is 13.7 Å². The van der Waals surface area contributed by atoms with Crippen LogP contribution in [-0.2, 0) is 5.41 Å². The third-order valence-electron chi connectivity index (χ3n) is 17.4. The Labute approximate surface area is 485 Å². The smallest absolute Gasteiger partial charge is 0.101 e. The van der Waals surface area contributed by atoms with Gasteiger partial charge in [-0.1, -0.05) is 159 Å². The number of hydrogen-bond acceptors (Lipinski definition) is 4. The van der Waals surface area contributed by atoms with Gasteiger partial charge in [-0.2, -0.15) is 10.5 Å². The Morgan fingerprint density at radius 1 is 0.310 bits per heavy atom. The number of benzene rings is 12. The van der Waals surface area contributed by atoms with E-state index in [0.29, 0.717) is 22.5 Å². The number of nitrogens with zero attached hydrogens (tertiary/aromatic N) is 7. The maximum atomic E-state index is 11.8. The Morgan fingerprint density at radius 3 is 1.30 bits per heavy atom. The molecule has 7 nitrogen and oxygen atoms in total. The molecule has 0 bridgehead atoms. The number of hydrogen-bond donors (Lipinski definition) is 0. The van der Waals surface area contributed by atoms with Crippen LogP contribution in [0.25, 0.3) is 93.6 Å². The minimum atomic E-state index is -0.299. The number of para-hydroxylation sites is 6. The molecule has 1 aliphatic carbocycles. The lowest BCUT2D eigenvalue weighted by Gasteiger charge is -2.25. The highest BCUT2D eigenvalue weighted by Crippen LogP contribution is 2.52. The summed E-state index contributed by atoms with van der Waals surface area (Å²) in [5, 5.41) is 30.0. The van der Waals surface area contributed by atoms with Crippen molar-refractivity contribution in [3.63, 3.8) is 0 Å². The molecule has 0 radical (unpaired) electrons. The number of fused-ring (bicyclic) bond motifs is 13. The summed E-state index contributed by atoms with van der Waals surface area (Å²) in [7, 11) is 0. The molecular formula is C77H51N7. The maximum Gasteiger partial charge on any atom is 0.101 e. The van der Waals surface area contributed by atoms with Gasteiger partial charge >= 0.3 is 0 Å². The average Bonchev–Trinajstić information content (AvgIpc) is 1.65. The highest BCUT2D eigenvalue weighted by Gasteiger charge is 2.37. The third kappa shape index (κ3) is 7.23. The Morgan fingerprint density at radius 2 is 0.738 bits per heavy atom. The Balaban J connectivity index is 0.990. The Bertz CT molecular complexity index is 5160. The molecule has 0 unspecified atom stereocenters. The minimum absolute atomic E-state index is 0.299. The van der Waals surface area contributed by atoms with Gasteiger partial charge in [0, 0.05) is 77.5 Å². The van der Waals surface area contributed by atoms with Crippen LogP contribution in [0.4, 0.5) is 34.1 Å². The second-order valence-electron chi connectivity index (χ2n) is 22.3. The zero-order valence-electron chi connectivity index (χ0n) is 46.1. The summed E-state index contributed by atoms with van der Waals surface area (Å²) < 4.78 is 6.84. The van der Waals surface area contributed by atoms with E-state index < -0.39 is 0 Å². The van der Waals surface area contributed by atoms with Crippen molar-refractivity contribution in [2.75, 3.05) is 9.80 Å². The highest BCUT2D eigenvalue weighted by atomic mass is 15.2. The quantitative estimate of drug-likeness (QED) is 0.144. The van der Waals surface area contributed by atoms with Gasteiger partial charge in [-0.3, -0.25) is 0 Å². The first-order chi connectivity index (χ1) is 41.4. The molecule has 0 amide bonds. The molecule has 15 aromatic rings. The van der Waals surface area contributed by atoms with Crippen molar-refractivity contribution in [2.45, 2.75) is 19.3 Å². The first-order valence-electron chi connectivity index (χ1n) is 28.5. The van der Waals surface area contributed by atoms with Crippen LogP contribution in [-0.4, -0.2) is 13.7 Å². The molecule has 0 aliphatic heterocycles. The van der Waals surface area contributed by atoms with Crippen molar-refractivity contribution in [3.8, 4) is 40.3 Å². The van der Waals surface area contributed by atoms with Crippen LogP contribution in [0.3, 0.4) is 0 Å². The van der Waals surface area contributed by atoms with Gasteiger partial charge in [-0.05, 0) is 150 Å². The molecule has 7 heteroatoms. The molecule has 3 heterocycles. The van der Waals surface area contributed by atoms with Gasteiger partial charge in [0.25, 0.3) is 0 Å². The van der Waals surface area contributed by atoms with Crippen molar-refractivity contribution < 1.29 is 0 Å². The number of aromatic nitrogens is 3. The maximum absolute atomic E-state index is 11.8. The van der Waals surface area contributed by atoms with E-state index in [1.165, 1.54) is 22.3 Å². The summed E-state index contributed by atoms with van der Waals surface area (Å²) in [6.07, 6.45) is 0. The fourth-order valence-electron chi connectivity index (χ4n) is 13.7. The molecule has 12 aromatic carbocycles. The molecule has 3 aromatic heterocycles.